The second-order valence-electron chi connectivity index (χ2n) is 1.48. The lowest BCUT2D eigenvalue weighted by Crippen LogP contribution is -2.08. The van der Waals surface area contributed by atoms with E-state index in [0.29, 0.717) is 13.2 Å². The molecule has 0 unspecified atom stereocenters. The molecule has 0 amide bonds. The lowest BCUT2D eigenvalue weighted by molar-refractivity contribution is 0.0480. The molecule has 0 saturated carbocycles. The van der Waals surface area contributed by atoms with Crippen LogP contribution in [0.25, 0.3) is 0 Å². The van der Waals surface area contributed by atoms with E-state index < -0.39 is 0 Å². The summed E-state index contributed by atoms with van der Waals surface area (Å²) in [5, 5.41) is 0. The summed E-state index contributed by atoms with van der Waals surface area (Å²) in [5.41, 5.74) is 0. The van der Waals surface area contributed by atoms with E-state index in [-0.39, 0.29) is 0 Å². The number of ether oxygens (including phenoxy) is 1. The number of nitrogens with two attached hydrogens (primary N) is 1. The van der Waals surface area contributed by atoms with Crippen LogP contribution in [-0.2, 0) is 9.57 Å². The molecular weight excluding hydrogens is 106 g/mol. The van der Waals surface area contributed by atoms with Gasteiger partial charge in [0.25, 0.3) is 0 Å². The van der Waals surface area contributed by atoms with Gasteiger partial charge in [0.15, 0.2) is 0 Å². The summed E-state index contributed by atoms with van der Waals surface area (Å²) in [5.74, 6) is 4.73. The molecule has 0 atom stereocenters. The van der Waals surface area contributed by atoms with Crippen molar-refractivity contribution in [3.05, 3.63) is 0 Å². The molecule has 0 aromatic carbocycles. The molecule has 0 spiro atoms. The predicted octanol–water partition coefficient (Wildman–Crippen LogP) is 0.303. The van der Waals surface area contributed by atoms with Gasteiger partial charge in [-0.2, -0.15) is 0 Å². The monoisotopic (exact) mass is 119 g/mol. The van der Waals surface area contributed by atoms with Crippen molar-refractivity contribution in [1.82, 2.24) is 0 Å². The molecule has 3 heteroatoms. The standard InChI is InChI=1S/C5H13NO2/c1-2-3-7-4-5-8-6/h2-6H2,1H3. The first-order valence-corrected chi connectivity index (χ1v) is 2.81. The average Bonchev–Trinajstić information content (AvgIpc) is 1.81. The molecule has 50 valence electrons. The fourth-order valence-corrected chi connectivity index (χ4v) is 0.353. The Kier molecular flexibility index (Phi) is 6.78. The van der Waals surface area contributed by atoms with E-state index >= 15 is 0 Å². The van der Waals surface area contributed by atoms with Crippen molar-refractivity contribution in [1.29, 1.82) is 0 Å². The highest BCUT2D eigenvalue weighted by Crippen LogP contribution is 1.78. The fourth-order valence-electron chi connectivity index (χ4n) is 0.353. The van der Waals surface area contributed by atoms with E-state index in [4.69, 9.17) is 10.6 Å². The van der Waals surface area contributed by atoms with Crippen LogP contribution in [0.4, 0.5) is 0 Å². The summed E-state index contributed by atoms with van der Waals surface area (Å²) in [6.45, 7) is 3.94. The van der Waals surface area contributed by atoms with E-state index in [9.17, 15) is 0 Å². The molecule has 2 N–H and O–H groups in total. The molecule has 0 aliphatic rings. The van der Waals surface area contributed by atoms with Crippen molar-refractivity contribution in [3.63, 3.8) is 0 Å². The molecular formula is C5H13NO2. The van der Waals surface area contributed by atoms with E-state index in [1.165, 1.54) is 0 Å². The van der Waals surface area contributed by atoms with Crippen LogP contribution >= 0.6 is 0 Å². The third-order valence-corrected chi connectivity index (χ3v) is 0.694. The fraction of sp³-hybridized carbons (Fsp3) is 1.00. The maximum atomic E-state index is 5.02. The Hall–Kier alpha value is -0.120. The lowest BCUT2D eigenvalue weighted by atomic mass is 10.5. The first-order valence-electron chi connectivity index (χ1n) is 2.81. The van der Waals surface area contributed by atoms with Crippen LogP contribution in [-0.4, -0.2) is 19.8 Å². The first-order chi connectivity index (χ1) is 3.91. The molecule has 8 heavy (non-hydrogen) atoms. The molecule has 0 heterocycles. The summed E-state index contributed by atoms with van der Waals surface area (Å²) in [6, 6.07) is 0. The smallest absolute Gasteiger partial charge is 0.0913 e. The zero-order chi connectivity index (χ0) is 6.24. The van der Waals surface area contributed by atoms with Gasteiger partial charge in [0, 0.05) is 6.61 Å². The van der Waals surface area contributed by atoms with Gasteiger partial charge in [-0.3, -0.25) is 0 Å². The van der Waals surface area contributed by atoms with Crippen LogP contribution in [0.2, 0.25) is 0 Å². The number of rotatable bonds is 5. The molecule has 0 saturated heterocycles. The van der Waals surface area contributed by atoms with Crippen molar-refractivity contribution in [2.75, 3.05) is 19.8 Å². The van der Waals surface area contributed by atoms with Crippen LogP contribution in [0.15, 0.2) is 0 Å². The van der Waals surface area contributed by atoms with Crippen LogP contribution in [0.5, 0.6) is 0 Å². The maximum Gasteiger partial charge on any atom is 0.0913 e. The van der Waals surface area contributed by atoms with E-state index in [0.717, 1.165) is 13.0 Å². The zero-order valence-electron chi connectivity index (χ0n) is 5.22. The van der Waals surface area contributed by atoms with E-state index in [1.807, 2.05) is 0 Å². The van der Waals surface area contributed by atoms with Gasteiger partial charge in [0.2, 0.25) is 0 Å². The molecule has 0 bridgehead atoms. The van der Waals surface area contributed by atoms with Crippen molar-refractivity contribution >= 4 is 0 Å². The Morgan fingerprint density at radius 2 is 2.00 bits per heavy atom. The van der Waals surface area contributed by atoms with Gasteiger partial charge >= 0.3 is 0 Å². The highest BCUT2D eigenvalue weighted by molar-refractivity contribution is 4.26. The van der Waals surface area contributed by atoms with Gasteiger partial charge in [-0.15, -0.1) is 0 Å². The summed E-state index contributed by atoms with van der Waals surface area (Å²) in [4.78, 5) is 4.26. The molecule has 0 aromatic rings. The minimum Gasteiger partial charge on any atom is -0.379 e. The molecule has 0 aliphatic carbocycles. The predicted molar refractivity (Wildman–Crippen MR) is 31.2 cm³/mol. The lowest BCUT2D eigenvalue weighted by Gasteiger charge is -1.98. The summed E-state index contributed by atoms with van der Waals surface area (Å²) < 4.78 is 5.02. The van der Waals surface area contributed by atoms with Crippen LogP contribution in [0.1, 0.15) is 13.3 Å². The Morgan fingerprint density at radius 1 is 1.25 bits per heavy atom. The molecule has 0 fully saturated rings. The molecule has 0 aliphatic heterocycles. The molecule has 0 aromatic heterocycles. The van der Waals surface area contributed by atoms with Gasteiger partial charge in [-0.25, -0.2) is 5.90 Å². The average molecular weight is 119 g/mol. The second kappa shape index (κ2) is 6.88. The Bertz CT molecular complexity index is 35.4. The van der Waals surface area contributed by atoms with Crippen molar-refractivity contribution in [2.45, 2.75) is 13.3 Å². The molecule has 0 rings (SSSR count). The highest BCUT2D eigenvalue weighted by atomic mass is 16.6. The third kappa shape index (κ3) is 5.88. The van der Waals surface area contributed by atoms with Crippen LogP contribution in [0, 0.1) is 0 Å². The van der Waals surface area contributed by atoms with Gasteiger partial charge < -0.3 is 9.57 Å². The quantitative estimate of drug-likeness (QED) is 0.418. The highest BCUT2D eigenvalue weighted by Gasteiger charge is 1.82. The number of hydrogen-bond donors (Lipinski definition) is 1. The maximum absolute atomic E-state index is 5.02. The van der Waals surface area contributed by atoms with Crippen molar-refractivity contribution in [3.8, 4) is 0 Å². The summed E-state index contributed by atoms with van der Waals surface area (Å²) in [6.07, 6.45) is 1.05. The third-order valence-electron chi connectivity index (χ3n) is 0.694. The molecule has 3 nitrogen and oxygen atoms in total. The van der Waals surface area contributed by atoms with Gasteiger partial charge in [-0.1, -0.05) is 6.92 Å². The van der Waals surface area contributed by atoms with Crippen molar-refractivity contribution < 1.29 is 9.57 Å². The van der Waals surface area contributed by atoms with E-state index in [1.54, 1.807) is 0 Å². The van der Waals surface area contributed by atoms with E-state index in [2.05, 4.69) is 11.8 Å². The molecule has 0 radical (unpaired) electrons. The van der Waals surface area contributed by atoms with Gasteiger partial charge in [-0.05, 0) is 6.42 Å². The Morgan fingerprint density at radius 3 is 2.50 bits per heavy atom. The minimum atomic E-state index is 0.486. The summed E-state index contributed by atoms with van der Waals surface area (Å²) in [7, 11) is 0. The SMILES string of the molecule is CCCOCCON. The van der Waals surface area contributed by atoms with Crippen molar-refractivity contribution in [2.24, 2.45) is 5.90 Å². The number of hydrogen-bond acceptors (Lipinski definition) is 3. The van der Waals surface area contributed by atoms with Gasteiger partial charge in [0.05, 0.1) is 13.2 Å². The van der Waals surface area contributed by atoms with Gasteiger partial charge in [0.1, 0.15) is 0 Å². The first kappa shape index (κ1) is 7.88. The second-order valence-corrected chi connectivity index (χ2v) is 1.48. The largest absolute Gasteiger partial charge is 0.379 e. The minimum absolute atomic E-state index is 0.486. The Labute approximate surface area is 49.7 Å². The zero-order valence-corrected chi connectivity index (χ0v) is 5.22. The summed E-state index contributed by atoms with van der Waals surface area (Å²) >= 11 is 0. The van der Waals surface area contributed by atoms with Crippen LogP contribution < -0.4 is 5.90 Å². The Balaban J connectivity index is 2.53. The normalized spacial score (nSPS) is 9.75. The van der Waals surface area contributed by atoms with Crippen LogP contribution in [0.3, 0.4) is 0 Å². The topological polar surface area (TPSA) is 44.5 Å².